The molecule has 0 saturated heterocycles. The second-order valence-corrected chi connectivity index (χ2v) is 4.64. The highest BCUT2D eigenvalue weighted by Crippen LogP contribution is 2.23. The van der Waals surface area contributed by atoms with E-state index in [-0.39, 0.29) is 5.78 Å². The minimum atomic E-state index is -0.821. The lowest BCUT2D eigenvalue weighted by molar-refractivity contribution is 0.0781. The number of benzene rings is 1. The summed E-state index contributed by atoms with van der Waals surface area (Å²) < 4.78 is 5.86. The van der Waals surface area contributed by atoms with Crippen molar-refractivity contribution in [2.45, 2.75) is 6.10 Å². The second-order valence-electron chi connectivity index (χ2n) is 4.64. The number of carbonyl (C=O) groups excluding carboxylic acids is 1. The molecule has 2 aromatic heterocycles. The number of hydrogen-bond acceptors (Lipinski definition) is 4. The lowest BCUT2D eigenvalue weighted by Gasteiger charge is -2.17. The molecule has 1 unspecified atom stereocenters. The van der Waals surface area contributed by atoms with Crippen LogP contribution in [-0.2, 0) is 0 Å². The number of pyridine rings is 2. The minimum absolute atomic E-state index is 0.219. The Morgan fingerprint density at radius 3 is 2.14 bits per heavy atom. The zero-order chi connectivity index (χ0) is 15.2. The van der Waals surface area contributed by atoms with Gasteiger partial charge in [0.05, 0.1) is 5.69 Å². The summed E-state index contributed by atoms with van der Waals surface area (Å²) in [6, 6.07) is 19.8. The fourth-order valence-electron chi connectivity index (χ4n) is 2.06. The van der Waals surface area contributed by atoms with E-state index in [1.807, 2.05) is 36.4 Å². The van der Waals surface area contributed by atoms with E-state index in [9.17, 15) is 4.79 Å². The van der Waals surface area contributed by atoms with Crippen LogP contribution in [0.5, 0.6) is 5.75 Å². The summed E-state index contributed by atoms with van der Waals surface area (Å²) in [5.41, 5.74) is 0.913. The highest BCUT2D eigenvalue weighted by atomic mass is 16.5. The van der Waals surface area contributed by atoms with Crippen LogP contribution in [0.4, 0.5) is 0 Å². The Bertz CT molecular complexity index is 731. The van der Waals surface area contributed by atoms with Gasteiger partial charge in [-0.3, -0.25) is 14.8 Å². The van der Waals surface area contributed by atoms with Crippen LogP contribution >= 0.6 is 0 Å². The first-order valence-electron chi connectivity index (χ1n) is 6.92. The van der Waals surface area contributed by atoms with Gasteiger partial charge in [-0.05, 0) is 36.4 Å². The summed E-state index contributed by atoms with van der Waals surface area (Å²) in [4.78, 5) is 21.1. The minimum Gasteiger partial charge on any atom is -0.476 e. The van der Waals surface area contributed by atoms with E-state index in [0.29, 0.717) is 17.1 Å². The van der Waals surface area contributed by atoms with Gasteiger partial charge < -0.3 is 4.74 Å². The zero-order valence-corrected chi connectivity index (χ0v) is 11.8. The Labute approximate surface area is 128 Å². The summed E-state index contributed by atoms with van der Waals surface area (Å²) in [5, 5.41) is 0. The maximum Gasteiger partial charge on any atom is 0.227 e. The number of carbonyl (C=O) groups is 1. The smallest absolute Gasteiger partial charge is 0.227 e. The molecule has 0 N–H and O–H groups in total. The summed E-state index contributed by atoms with van der Waals surface area (Å²) in [5.74, 6) is 0.394. The number of ketones is 1. The molecule has 0 aliphatic heterocycles. The molecule has 0 radical (unpaired) electrons. The van der Waals surface area contributed by atoms with Gasteiger partial charge in [0.15, 0.2) is 0 Å². The van der Waals surface area contributed by atoms with Crippen molar-refractivity contribution in [3.63, 3.8) is 0 Å². The van der Waals surface area contributed by atoms with Gasteiger partial charge in [-0.25, -0.2) is 0 Å². The maximum atomic E-state index is 12.7. The lowest BCUT2D eigenvalue weighted by Crippen LogP contribution is -2.21. The molecule has 0 fully saturated rings. The number of rotatable bonds is 5. The van der Waals surface area contributed by atoms with Crippen molar-refractivity contribution >= 4 is 5.78 Å². The van der Waals surface area contributed by atoms with Crippen LogP contribution in [0, 0.1) is 0 Å². The standard InChI is InChI=1S/C18H14N2O2/c21-17(15-10-4-6-12-19-15)18(16-11-5-7-13-20-16)22-14-8-2-1-3-9-14/h1-13,18H. The lowest BCUT2D eigenvalue weighted by atomic mass is 10.1. The van der Waals surface area contributed by atoms with Crippen molar-refractivity contribution < 1.29 is 9.53 Å². The Morgan fingerprint density at radius 1 is 0.818 bits per heavy atom. The second kappa shape index (κ2) is 6.63. The molecule has 0 aliphatic carbocycles. The van der Waals surface area contributed by atoms with Crippen LogP contribution in [-0.4, -0.2) is 15.8 Å². The predicted molar refractivity (Wildman–Crippen MR) is 82.6 cm³/mol. The van der Waals surface area contributed by atoms with Gasteiger partial charge in [0.2, 0.25) is 11.9 Å². The van der Waals surface area contributed by atoms with Gasteiger partial charge in [0.1, 0.15) is 11.4 Å². The molecule has 0 amide bonds. The molecule has 3 aromatic rings. The molecular formula is C18H14N2O2. The summed E-state index contributed by atoms with van der Waals surface area (Å²) in [7, 11) is 0. The third kappa shape index (κ3) is 3.17. The van der Waals surface area contributed by atoms with E-state index in [0.717, 1.165) is 0 Å². The summed E-state index contributed by atoms with van der Waals surface area (Å²) in [6.45, 7) is 0. The molecule has 0 spiro atoms. The average molecular weight is 290 g/mol. The molecule has 1 aromatic carbocycles. The van der Waals surface area contributed by atoms with Gasteiger partial charge in [0.25, 0.3) is 0 Å². The van der Waals surface area contributed by atoms with Crippen molar-refractivity contribution in [2.24, 2.45) is 0 Å². The fourth-order valence-corrected chi connectivity index (χ4v) is 2.06. The van der Waals surface area contributed by atoms with Gasteiger partial charge in [-0.1, -0.05) is 30.3 Å². The molecule has 1 atom stereocenters. The van der Waals surface area contributed by atoms with Gasteiger partial charge >= 0.3 is 0 Å². The Balaban J connectivity index is 1.95. The van der Waals surface area contributed by atoms with Gasteiger partial charge in [0, 0.05) is 12.4 Å². The number of hydrogen-bond donors (Lipinski definition) is 0. The quantitative estimate of drug-likeness (QED) is 0.675. The average Bonchev–Trinajstić information content (AvgIpc) is 2.61. The Kier molecular flexibility index (Phi) is 4.20. The molecule has 0 saturated carbocycles. The first-order chi connectivity index (χ1) is 10.8. The van der Waals surface area contributed by atoms with E-state index in [2.05, 4.69) is 9.97 Å². The highest BCUT2D eigenvalue weighted by Gasteiger charge is 2.26. The van der Waals surface area contributed by atoms with Crippen LogP contribution in [0.15, 0.2) is 79.1 Å². The van der Waals surface area contributed by atoms with Crippen LogP contribution in [0.25, 0.3) is 0 Å². The number of nitrogens with zero attached hydrogens (tertiary/aromatic N) is 2. The number of Topliss-reactive ketones (excluding diaryl/α,β-unsaturated/α-hetero) is 1. The van der Waals surface area contributed by atoms with Crippen LogP contribution < -0.4 is 4.74 Å². The third-order valence-electron chi connectivity index (χ3n) is 3.11. The van der Waals surface area contributed by atoms with Crippen molar-refractivity contribution in [1.82, 2.24) is 9.97 Å². The molecule has 0 bridgehead atoms. The zero-order valence-electron chi connectivity index (χ0n) is 11.8. The van der Waals surface area contributed by atoms with E-state index in [1.54, 1.807) is 42.7 Å². The summed E-state index contributed by atoms with van der Waals surface area (Å²) in [6.07, 6.45) is 2.41. The highest BCUT2D eigenvalue weighted by molar-refractivity contribution is 5.98. The van der Waals surface area contributed by atoms with E-state index in [4.69, 9.17) is 4.74 Å². The molecule has 22 heavy (non-hydrogen) atoms. The van der Waals surface area contributed by atoms with Gasteiger partial charge in [-0.15, -0.1) is 0 Å². The van der Waals surface area contributed by atoms with Crippen LogP contribution in [0.3, 0.4) is 0 Å². The largest absolute Gasteiger partial charge is 0.476 e. The first-order valence-corrected chi connectivity index (χ1v) is 6.92. The van der Waals surface area contributed by atoms with E-state index < -0.39 is 6.10 Å². The Hall–Kier alpha value is -3.01. The van der Waals surface area contributed by atoms with Gasteiger partial charge in [-0.2, -0.15) is 0 Å². The predicted octanol–water partition coefficient (Wildman–Crippen LogP) is 3.48. The number of ether oxygens (including phenoxy) is 1. The monoisotopic (exact) mass is 290 g/mol. The topological polar surface area (TPSA) is 52.1 Å². The van der Waals surface area contributed by atoms with Crippen LogP contribution in [0.1, 0.15) is 22.3 Å². The molecule has 4 heteroatoms. The normalized spacial score (nSPS) is 11.6. The molecule has 2 heterocycles. The van der Waals surface area contributed by atoms with E-state index in [1.165, 1.54) is 0 Å². The SMILES string of the molecule is O=C(c1ccccn1)C(Oc1ccccc1)c1ccccn1. The molecule has 4 nitrogen and oxygen atoms in total. The van der Waals surface area contributed by atoms with Crippen molar-refractivity contribution in [1.29, 1.82) is 0 Å². The summed E-state index contributed by atoms with van der Waals surface area (Å²) >= 11 is 0. The van der Waals surface area contributed by atoms with E-state index >= 15 is 0 Å². The van der Waals surface area contributed by atoms with Crippen molar-refractivity contribution in [2.75, 3.05) is 0 Å². The third-order valence-corrected chi connectivity index (χ3v) is 3.11. The Morgan fingerprint density at radius 2 is 1.50 bits per heavy atom. The fraction of sp³-hybridized carbons (Fsp3) is 0.0556. The van der Waals surface area contributed by atoms with Crippen molar-refractivity contribution in [3.8, 4) is 5.75 Å². The van der Waals surface area contributed by atoms with Crippen molar-refractivity contribution in [3.05, 3.63) is 90.5 Å². The van der Waals surface area contributed by atoms with Crippen LogP contribution in [0.2, 0.25) is 0 Å². The first kappa shape index (κ1) is 13.9. The molecule has 108 valence electrons. The number of para-hydroxylation sites is 1. The number of aromatic nitrogens is 2. The molecular weight excluding hydrogens is 276 g/mol. The molecule has 3 rings (SSSR count). The molecule has 0 aliphatic rings. The maximum absolute atomic E-state index is 12.7.